The zero-order chi connectivity index (χ0) is 13.0. The van der Waals surface area contributed by atoms with Gasteiger partial charge in [0, 0.05) is 25.0 Å². The van der Waals surface area contributed by atoms with E-state index in [2.05, 4.69) is 10.2 Å². The molecular formula is C13H21N3O2. The van der Waals surface area contributed by atoms with Crippen molar-refractivity contribution in [1.29, 1.82) is 0 Å². The highest BCUT2D eigenvalue weighted by Gasteiger charge is 2.25. The lowest BCUT2D eigenvalue weighted by Gasteiger charge is -2.25. The van der Waals surface area contributed by atoms with Crippen LogP contribution in [0.1, 0.15) is 25.0 Å². The predicted octanol–water partition coefficient (Wildman–Crippen LogP) is 0.707. The molecule has 18 heavy (non-hydrogen) atoms. The van der Waals surface area contributed by atoms with E-state index in [-0.39, 0.29) is 11.9 Å². The summed E-state index contributed by atoms with van der Waals surface area (Å²) in [7, 11) is 1.96. The van der Waals surface area contributed by atoms with Gasteiger partial charge in [0.1, 0.15) is 5.76 Å². The van der Waals surface area contributed by atoms with E-state index in [4.69, 9.17) is 10.2 Å². The molecule has 0 spiro atoms. The molecule has 0 radical (unpaired) electrons. The summed E-state index contributed by atoms with van der Waals surface area (Å²) in [5.74, 6) is 0.984. The molecule has 100 valence electrons. The number of nitrogens with two attached hydrogens (primary N) is 1. The third kappa shape index (κ3) is 3.85. The number of carbonyl (C=O) groups excluding carboxylic acids is 1. The minimum Gasteiger partial charge on any atom is -0.468 e. The second-order valence-corrected chi connectivity index (χ2v) is 4.93. The first-order valence-electron chi connectivity index (χ1n) is 6.41. The van der Waals surface area contributed by atoms with E-state index < -0.39 is 0 Å². The number of nitrogens with zero attached hydrogens (tertiary/aromatic N) is 1. The Morgan fingerprint density at radius 3 is 3.00 bits per heavy atom. The van der Waals surface area contributed by atoms with E-state index in [0.717, 1.165) is 18.6 Å². The van der Waals surface area contributed by atoms with E-state index >= 15 is 0 Å². The molecule has 0 aromatic carbocycles. The van der Waals surface area contributed by atoms with Crippen LogP contribution in [0.5, 0.6) is 0 Å². The Bertz CT molecular complexity index is 374. The fourth-order valence-corrected chi connectivity index (χ4v) is 1.92. The Kier molecular flexibility index (Phi) is 4.38. The second kappa shape index (κ2) is 6.02. The predicted molar refractivity (Wildman–Crippen MR) is 68.8 cm³/mol. The van der Waals surface area contributed by atoms with Crippen LogP contribution in [-0.4, -0.2) is 36.5 Å². The quantitative estimate of drug-likeness (QED) is 0.748. The number of amides is 1. The van der Waals surface area contributed by atoms with Crippen LogP contribution in [0, 0.1) is 0 Å². The Morgan fingerprint density at radius 1 is 1.67 bits per heavy atom. The van der Waals surface area contributed by atoms with Gasteiger partial charge in [-0.15, -0.1) is 0 Å². The van der Waals surface area contributed by atoms with Crippen LogP contribution in [0.25, 0.3) is 0 Å². The average Bonchev–Trinajstić information content (AvgIpc) is 3.00. The molecule has 3 N–H and O–H groups in total. The molecule has 1 aromatic heterocycles. The van der Waals surface area contributed by atoms with E-state index in [1.165, 1.54) is 0 Å². The van der Waals surface area contributed by atoms with Gasteiger partial charge in [-0.1, -0.05) is 0 Å². The zero-order valence-electron chi connectivity index (χ0n) is 10.8. The van der Waals surface area contributed by atoms with Crippen molar-refractivity contribution in [3.8, 4) is 0 Å². The highest BCUT2D eigenvalue weighted by molar-refractivity contribution is 5.77. The number of likely N-dealkylation sites (N-methyl/N-ethyl adjacent to an activating group) is 1. The molecule has 1 heterocycles. The summed E-state index contributed by atoms with van der Waals surface area (Å²) < 4.78 is 5.30. The molecule has 0 saturated heterocycles. The van der Waals surface area contributed by atoms with Crippen LogP contribution in [0.4, 0.5) is 0 Å². The van der Waals surface area contributed by atoms with Crippen molar-refractivity contribution in [1.82, 2.24) is 10.2 Å². The summed E-state index contributed by atoms with van der Waals surface area (Å²) in [5, 5.41) is 2.99. The Balaban J connectivity index is 1.80. The van der Waals surface area contributed by atoms with Crippen LogP contribution >= 0.6 is 0 Å². The van der Waals surface area contributed by atoms with Gasteiger partial charge in [0.25, 0.3) is 0 Å². The second-order valence-electron chi connectivity index (χ2n) is 4.93. The molecule has 1 unspecified atom stereocenters. The molecule has 1 aliphatic carbocycles. The highest BCUT2D eigenvalue weighted by atomic mass is 16.3. The Morgan fingerprint density at radius 2 is 2.44 bits per heavy atom. The number of rotatable bonds is 7. The number of carbonyl (C=O) groups is 1. The fraction of sp³-hybridized carbons (Fsp3) is 0.615. The van der Waals surface area contributed by atoms with Gasteiger partial charge < -0.3 is 15.5 Å². The van der Waals surface area contributed by atoms with Crippen LogP contribution in [0.15, 0.2) is 22.8 Å². The zero-order valence-corrected chi connectivity index (χ0v) is 10.8. The topological polar surface area (TPSA) is 71.5 Å². The van der Waals surface area contributed by atoms with Crippen LogP contribution < -0.4 is 11.1 Å². The number of hydrogen-bond acceptors (Lipinski definition) is 4. The van der Waals surface area contributed by atoms with Crippen molar-refractivity contribution in [2.45, 2.75) is 37.9 Å². The largest absolute Gasteiger partial charge is 0.468 e. The van der Waals surface area contributed by atoms with Crippen LogP contribution in [0.3, 0.4) is 0 Å². The minimum absolute atomic E-state index is 0.0499. The van der Waals surface area contributed by atoms with Gasteiger partial charge in [0.05, 0.1) is 12.8 Å². The molecule has 1 saturated carbocycles. The van der Waals surface area contributed by atoms with Gasteiger partial charge in [-0.25, -0.2) is 0 Å². The lowest BCUT2D eigenvalue weighted by atomic mass is 10.1. The van der Waals surface area contributed by atoms with Gasteiger partial charge in [0.15, 0.2) is 0 Å². The fourth-order valence-electron chi connectivity index (χ4n) is 1.92. The third-order valence-corrected chi connectivity index (χ3v) is 3.24. The first kappa shape index (κ1) is 13.1. The molecule has 1 aromatic rings. The normalized spacial score (nSPS) is 16.8. The van der Waals surface area contributed by atoms with Gasteiger partial charge in [-0.2, -0.15) is 0 Å². The summed E-state index contributed by atoms with van der Waals surface area (Å²) in [6.07, 6.45) is 4.33. The highest BCUT2D eigenvalue weighted by Crippen LogP contribution is 2.19. The molecular weight excluding hydrogens is 230 g/mol. The van der Waals surface area contributed by atoms with Gasteiger partial charge in [0.2, 0.25) is 5.91 Å². The van der Waals surface area contributed by atoms with E-state index in [0.29, 0.717) is 25.6 Å². The first-order valence-corrected chi connectivity index (χ1v) is 6.41. The number of hydrogen-bond donors (Lipinski definition) is 2. The summed E-state index contributed by atoms with van der Waals surface area (Å²) in [5.41, 5.74) is 5.75. The maximum atomic E-state index is 11.8. The lowest BCUT2D eigenvalue weighted by Crippen LogP contribution is -2.41. The molecule has 1 fully saturated rings. The Hall–Kier alpha value is -1.33. The molecule has 1 aliphatic rings. The van der Waals surface area contributed by atoms with Gasteiger partial charge in [-0.3, -0.25) is 9.69 Å². The van der Waals surface area contributed by atoms with Crippen LogP contribution in [-0.2, 0) is 11.3 Å². The molecule has 5 heteroatoms. The Labute approximate surface area is 107 Å². The molecule has 1 amide bonds. The molecule has 5 nitrogen and oxygen atoms in total. The molecule has 1 atom stereocenters. The molecule has 2 rings (SSSR count). The van der Waals surface area contributed by atoms with E-state index in [1.54, 1.807) is 6.26 Å². The number of furan rings is 1. The van der Waals surface area contributed by atoms with Crippen molar-refractivity contribution < 1.29 is 9.21 Å². The summed E-state index contributed by atoms with van der Waals surface area (Å²) in [4.78, 5) is 13.8. The summed E-state index contributed by atoms with van der Waals surface area (Å²) in [6.45, 7) is 1.14. The van der Waals surface area contributed by atoms with Crippen molar-refractivity contribution in [2.24, 2.45) is 5.73 Å². The smallest absolute Gasteiger partial charge is 0.221 e. The lowest BCUT2D eigenvalue weighted by molar-refractivity contribution is -0.122. The SMILES string of the molecule is CN(Cc1ccco1)C(CN)CC(=O)NC1CC1. The standard InChI is InChI=1S/C13H21N3O2/c1-16(9-12-3-2-6-18-12)11(8-14)7-13(17)15-10-4-5-10/h2-3,6,10-11H,4-5,7-9,14H2,1H3,(H,15,17). The first-order chi connectivity index (χ1) is 8.69. The summed E-state index contributed by atoms with van der Waals surface area (Å²) in [6, 6.07) is 4.24. The van der Waals surface area contributed by atoms with Crippen molar-refractivity contribution >= 4 is 5.91 Å². The third-order valence-electron chi connectivity index (χ3n) is 3.24. The van der Waals surface area contributed by atoms with Crippen LogP contribution in [0.2, 0.25) is 0 Å². The van der Waals surface area contributed by atoms with Gasteiger partial charge >= 0.3 is 0 Å². The maximum Gasteiger partial charge on any atom is 0.221 e. The average molecular weight is 251 g/mol. The molecule has 0 aliphatic heterocycles. The number of nitrogens with one attached hydrogen (secondary N) is 1. The maximum absolute atomic E-state index is 11.8. The molecule has 0 bridgehead atoms. The van der Waals surface area contributed by atoms with Crippen molar-refractivity contribution in [2.75, 3.05) is 13.6 Å². The van der Waals surface area contributed by atoms with Crippen molar-refractivity contribution in [3.63, 3.8) is 0 Å². The monoisotopic (exact) mass is 251 g/mol. The van der Waals surface area contributed by atoms with Gasteiger partial charge in [-0.05, 0) is 32.0 Å². The van der Waals surface area contributed by atoms with Crippen molar-refractivity contribution in [3.05, 3.63) is 24.2 Å². The van der Waals surface area contributed by atoms with E-state index in [1.807, 2.05) is 19.2 Å². The minimum atomic E-state index is 0.0499. The van der Waals surface area contributed by atoms with E-state index in [9.17, 15) is 4.79 Å². The summed E-state index contributed by atoms with van der Waals surface area (Å²) >= 11 is 0.